The zero-order chi connectivity index (χ0) is 14.0. The molecule has 0 aliphatic rings. The number of rotatable bonds is 3. The Hall–Kier alpha value is -2.50. The largest absolute Gasteiger partial charge is 0.395 e. The summed E-state index contributed by atoms with van der Waals surface area (Å²) in [4.78, 5) is 14.1. The van der Waals surface area contributed by atoms with E-state index in [1.165, 1.54) is 0 Å². The van der Waals surface area contributed by atoms with Gasteiger partial charge in [-0.05, 0) is 19.1 Å². The number of nitrogen functional groups attached to an aromatic ring is 1. The second-order valence-electron chi connectivity index (χ2n) is 4.48. The minimum Gasteiger partial charge on any atom is -0.395 e. The molecular weight excluding hydrogens is 242 g/mol. The van der Waals surface area contributed by atoms with Crippen LogP contribution in [-0.4, -0.2) is 30.2 Å². The molecule has 0 unspecified atom stereocenters. The topological polar surface area (TPSA) is 87.0 Å². The number of hydrogen-bond donors (Lipinski definition) is 3. The molecule has 6 heteroatoms. The van der Waals surface area contributed by atoms with Crippen molar-refractivity contribution >= 4 is 23.0 Å². The molecule has 19 heavy (non-hydrogen) atoms. The normalized spacial score (nSPS) is 10.3. The fourth-order valence-electron chi connectivity index (χ4n) is 1.76. The summed E-state index contributed by atoms with van der Waals surface area (Å²) in [6.45, 7) is 1.77. The number of carbonyl (C=O) groups excluding carboxylic acids is 1. The molecule has 2 rings (SSSR count). The van der Waals surface area contributed by atoms with E-state index in [1.54, 1.807) is 6.92 Å². The maximum absolute atomic E-state index is 12.1. The van der Waals surface area contributed by atoms with Gasteiger partial charge in [-0.15, -0.1) is 0 Å². The number of aromatic amines is 1. The molecule has 0 aliphatic carbocycles. The summed E-state index contributed by atoms with van der Waals surface area (Å²) in [5.74, 6) is -0.323. The molecule has 0 atom stereocenters. The maximum atomic E-state index is 12.1. The number of nitrogens with one attached hydrogen (secondary N) is 2. The second kappa shape index (κ2) is 5.01. The van der Waals surface area contributed by atoms with Crippen LogP contribution in [0.1, 0.15) is 16.2 Å². The molecule has 0 bridgehead atoms. The lowest BCUT2D eigenvalue weighted by molar-refractivity contribution is 0.102. The minimum absolute atomic E-state index is 0.214. The van der Waals surface area contributed by atoms with Crippen LogP contribution in [0, 0.1) is 6.92 Å². The van der Waals surface area contributed by atoms with Gasteiger partial charge in [-0.25, -0.2) is 0 Å². The predicted octanol–water partition coefficient (Wildman–Crippen LogP) is 1.62. The van der Waals surface area contributed by atoms with E-state index in [2.05, 4.69) is 15.5 Å². The summed E-state index contributed by atoms with van der Waals surface area (Å²) in [6, 6.07) is 7.54. The Morgan fingerprint density at radius 1 is 1.37 bits per heavy atom. The number of carbonyl (C=O) groups is 1. The number of nitrogens with two attached hydrogens (primary N) is 1. The second-order valence-corrected chi connectivity index (χ2v) is 4.48. The van der Waals surface area contributed by atoms with Crippen molar-refractivity contribution in [1.29, 1.82) is 0 Å². The number of aryl methyl sites for hydroxylation is 1. The monoisotopic (exact) mass is 259 g/mol. The van der Waals surface area contributed by atoms with Crippen LogP contribution in [-0.2, 0) is 0 Å². The summed E-state index contributed by atoms with van der Waals surface area (Å²) >= 11 is 0. The van der Waals surface area contributed by atoms with Crippen LogP contribution in [0.5, 0.6) is 0 Å². The van der Waals surface area contributed by atoms with E-state index >= 15 is 0 Å². The van der Waals surface area contributed by atoms with Gasteiger partial charge in [0.1, 0.15) is 0 Å². The van der Waals surface area contributed by atoms with Crippen molar-refractivity contribution in [3.8, 4) is 0 Å². The lowest BCUT2D eigenvalue weighted by Gasteiger charge is -2.17. The molecule has 1 aromatic heterocycles. The third kappa shape index (κ3) is 2.52. The van der Waals surface area contributed by atoms with Gasteiger partial charge < -0.3 is 16.0 Å². The van der Waals surface area contributed by atoms with Crippen LogP contribution >= 0.6 is 0 Å². The van der Waals surface area contributed by atoms with Crippen LogP contribution in [0.15, 0.2) is 24.3 Å². The highest BCUT2D eigenvalue weighted by atomic mass is 16.2. The van der Waals surface area contributed by atoms with Crippen LogP contribution in [0.4, 0.5) is 17.1 Å². The number of anilines is 3. The number of amides is 1. The molecule has 0 aliphatic heterocycles. The zero-order valence-corrected chi connectivity index (χ0v) is 11.2. The van der Waals surface area contributed by atoms with Gasteiger partial charge in [0.15, 0.2) is 5.69 Å². The molecule has 1 aromatic carbocycles. The SMILES string of the molecule is Cc1[nH]nc(C(=O)Nc2ccccc2N(C)C)c1N. The third-order valence-corrected chi connectivity index (χ3v) is 2.84. The van der Waals surface area contributed by atoms with Gasteiger partial charge in [0.25, 0.3) is 5.91 Å². The molecular formula is C13H17N5O. The van der Waals surface area contributed by atoms with Crippen LogP contribution in [0.2, 0.25) is 0 Å². The zero-order valence-electron chi connectivity index (χ0n) is 11.2. The number of aromatic nitrogens is 2. The molecule has 6 nitrogen and oxygen atoms in total. The summed E-state index contributed by atoms with van der Waals surface area (Å²) < 4.78 is 0. The highest BCUT2D eigenvalue weighted by molar-refractivity contribution is 6.07. The fourth-order valence-corrected chi connectivity index (χ4v) is 1.76. The van der Waals surface area contributed by atoms with E-state index in [-0.39, 0.29) is 11.6 Å². The fraction of sp³-hybridized carbons (Fsp3) is 0.231. The Kier molecular flexibility index (Phi) is 3.41. The first-order valence-corrected chi connectivity index (χ1v) is 5.89. The van der Waals surface area contributed by atoms with Gasteiger partial charge in [0, 0.05) is 14.1 Å². The molecule has 0 spiro atoms. The van der Waals surface area contributed by atoms with Gasteiger partial charge in [-0.3, -0.25) is 9.89 Å². The minimum atomic E-state index is -0.323. The molecule has 0 radical (unpaired) electrons. The van der Waals surface area contributed by atoms with Gasteiger partial charge in [0.05, 0.1) is 22.8 Å². The standard InChI is InChI=1S/C13H17N5O/c1-8-11(14)12(17-16-8)13(19)15-9-6-4-5-7-10(9)18(2)3/h4-7H,14H2,1-3H3,(H,15,19)(H,16,17). The number of benzene rings is 1. The Morgan fingerprint density at radius 2 is 2.05 bits per heavy atom. The Morgan fingerprint density at radius 3 is 2.63 bits per heavy atom. The number of nitrogens with zero attached hydrogens (tertiary/aromatic N) is 2. The molecule has 1 amide bonds. The van der Waals surface area contributed by atoms with Crippen molar-refractivity contribution in [3.05, 3.63) is 35.7 Å². The maximum Gasteiger partial charge on any atom is 0.278 e. The molecule has 0 saturated carbocycles. The van der Waals surface area contributed by atoms with Gasteiger partial charge >= 0.3 is 0 Å². The average molecular weight is 259 g/mol. The van der Waals surface area contributed by atoms with Crippen molar-refractivity contribution in [3.63, 3.8) is 0 Å². The molecule has 1 heterocycles. The van der Waals surface area contributed by atoms with Gasteiger partial charge in [-0.2, -0.15) is 5.10 Å². The summed E-state index contributed by atoms with van der Waals surface area (Å²) in [6.07, 6.45) is 0. The number of H-pyrrole nitrogens is 1. The Balaban J connectivity index is 2.27. The van der Waals surface area contributed by atoms with E-state index in [4.69, 9.17) is 5.73 Å². The van der Waals surface area contributed by atoms with E-state index in [0.29, 0.717) is 11.4 Å². The highest BCUT2D eigenvalue weighted by Gasteiger charge is 2.16. The lowest BCUT2D eigenvalue weighted by atomic mass is 10.2. The van der Waals surface area contributed by atoms with E-state index in [1.807, 2.05) is 43.3 Å². The Labute approximate surface area is 111 Å². The molecule has 0 fully saturated rings. The van der Waals surface area contributed by atoms with Crippen molar-refractivity contribution in [1.82, 2.24) is 10.2 Å². The van der Waals surface area contributed by atoms with E-state index in [9.17, 15) is 4.79 Å². The quantitative estimate of drug-likeness (QED) is 0.781. The van der Waals surface area contributed by atoms with Gasteiger partial charge in [0.2, 0.25) is 0 Å². The summed E-state index contributed by atoms with van der Waals surface area (Å²) in [7, 11) is 3.83. The molecule has 100 valence electrons. The lowest BCUT2D eigenvalue weighted by Crippen LogP contribution is -2.17. The molecule has 0 saturated heterocycles. The molecule has 4 N–H and O–H groups in total. The average Bonchev–Trinajstić information content (AvgIpc) is 2.70. The van der Waals surface area contributed by atoms with Crippen molar-refractivity contribution in [2.45, 2.75) is 6.92 Å². The van der Waals surface area contributed by atoms with Crippen LogP contribution in [0.3, 0.4) is 0 Å². The first-order chi connectivity index (χ1) is 9.00. The highest BCUT2D eigenvalue weighted by Crippen LogP contribution is 2.24. The van der Waals surface area contributed by atoms with Crippen molar-refractivity contribution in [2.75, 3.05) is 30.0 Å². The number of para-hydroxylation sites is 2. The van der Waals surface area contributed by atoms with E-state index < -0.39 is 0 Å². The summed E-state index contributed by atoms with van der Waals surface area (Å²) in [5, 5.41) is 9.42. The molecule has 2 aromatic rings. The van der Waals surface area contributed by atoms with Gasteiger partial charge in [-0.1, -0.05) is 12.1 Å². The van der Waals surface area contributed by atoms with E-state index in [0.717, 1.165) is 11.4 Å². The smallest absolute Gasteiger partial charge is 0.278 e. The number of hydrogen-bond acceptors (Lipinski definition) is 4. The predicted molar refractivity (Wildman–Crippen MR) is 76.5 cm³/mol. The first-order valence-electron chi connectivity index (χ1n) is 5.89. The van der Waals surface area contributed by atoms with Crippen LogP contribution in [0.25, 0.3) is 0 Å². The third-order valence-electron chi connectivity index (χ3n) is 2.84. The summed E-state index contributed by atoms with van der Waals surface area (Å²) in [5.41, 5.74) is 8.70. The first kappa shape index (κ1) is 12.9. The van der Waals surface area contributed by atoms with Crippen LogP contribution < -0.4 is 16.0 Å². The van der Waals surface area contributed by atoms with Crippen molar-refractivity contribution < 1.29 is 4.79 Å². The Bertz CT molecular complexity index is 603. The van der Waals surface area contributed by atoms with Crippen molar-refractivity contribution in [2.24, 2.45) is 0 Å².